The van der Waals surface area contributed by atoms with Crippen LogP contribution >= 0.6 is 11.3 Å². The Balaban J connectivity index is 1.70. The van der Waals surface area contributed by atoms with Crippen LogP contribution in [0.1, 0.15) is 15.2 Å². The normalized spacial score (nSPS) is 10.8. The van der Waals surface area contributed by atoms with Crippen LogP contribution in [-0.4, -0.2) is 17.0 Å². The molecule has 0 aliphatic rings. The smallest absolute Gasteiger partial charge is 0.266 e. The molecule has 1 heterocycles. The predicted octanol–water partition coefficient (Wildman–Crippen LogP) is 4.23. The van der Waals surface area contributed by atoms with E-state index in [0.29, 0.717) is 4.88 Å². The fourth-order valence-corrected chi connectivity index (χ4v) is 3.11. The highest BCUT2D eigenvalue weighted by molar-refractivity contribution is 7.17. The van der Waals surface area contributed by atoms with E-state index in [2.05, 4.69) is 10.5 Å². The van der Waals surface area contributed by atoms with Gasteiger partial charge in [0.15, 0.2) is 0 Å². The lowest BCUT2D eigenvalue weighted by Gasteiger charge is -1.98. The highest BCUT2D eigenvalue weighted by Gasteiger charge is 2.12. The summed E-state index contributed by atoms with van der Waals surface area (Å²) in [5.41, 5.74) is 3.34. The van der Waals surface area contributed by atoms with E-state index < -0.39 is 10.8 Å². The van der Waals surface area contributed by atoms with Gasteiger partial charge >= 0.3 is 0 Å². The zero-order valence-electron chi connectivity index (χ0n) is 13.3. The number of hydrazone groups is 1. The first kappa shape index (κ1) is 17.4. The van der Waals surface area contributed by atoms with Crippen LogP contribution in [0.5, 0.6) is 0 Å². The number of hydrogen-bond donors (Lipinski definition) is 1. The molecule has 3 aromatic rings. The quantitative estimate of drug-likeness (QED) is 0.415. The SMILES string of the molecule is O=C(N/N=C\c1ccccc1[N+](=O)[O-])c1ccc(-c2ccc(F)cc2)s1. The molecule has 0 spiro atoms. The molecular formula is C18H12FN3O3S. The second-order valence-corrected chi connectivity index (χ2v) is 6.27. The number of nitro groups is 1. The number of thiophene rings is 1. The van der Waals surface area contributed by atoms with Crippen LogP contribution < -0.4 is 5.43 Å². The number of carbonyl (C=O) groups excluding carboxylic acids is 1. The minimum absolute atomic E-state index is 0.0970. The number of para-hydroxylation sites is 1. The molecule has 8 heteroatoms. The van der Waals surface area contributed by atoms with Crippen molar-refractivity contribution in [1.82, 2.24) is 5.43 Å². The minimum Gasteiger partial charge on any atom is -0.266 e. The van der Waals surface area contributed by atoms with E-state index in [1.54, 1.807) is 36.4 Å². The van der Waals surface area contributed by atoms with Gasteiger partial charge in [-0.2, -0.15) is 5.10 Å². The van der Waals surface area contributed by atoms with E-state index in [1.807, 2.05) is 0 Å². The maximum atomic E-state index is 13.0. The van der Waals surface area contributed by atoms with Crippen molar-refractivity contribution in [1.29, 1.82) is 0 Å². The van der Waals surface area contributed by atoms with Gasteiger partial charge in [-0.1, -0.05) is 24.3 Å². The summed E-state index contributed by atoms with van der Waals surface area (Å²) < 4.78 is 13.0. The average Bonchev–Trinajstić information content (AvgIpc) is 3.13. The first-order chi connectivity index (χ1) is 12.5. The predicted molar refractivity (Wildman–Crippen MR) is 97.9 cm³/mol. The fraction of sp³-hybridized carbons (Fsp3) is 0. The van der Waals surface area contributed by atoms with Crippen molar-refractivity contribution in [3.8, 4) is 10.4 Å². The van der Waals surface area contributed by atoms with Gasteiger partial charge in [0.05, 0.1) is 21.6 Å². The van der Waals surface area contributed by atoms with Gasteiger partial charge in [0.2, 0.25) is 0 Å². The van der Waals surface area contributed by atoms with Crippen molar-refractivity contribution in [3.63, 3.8) is 0 Å². The summed E-state index contributed by atoms with van der Waals surface area (Å²) in [5.74, 6) is -0.759. The third-order valence-electron chi connectivity index (χ3n) is 3.46. The number of rotatable bonds is 5. The van der Waals surface area contributed by atoms with Crippen molar-refractivity contribution in [2.24, 2.45) is 5.10 Å². The Labute approximate surface area is 151 Å². The fourth-order valence-electron chi connectivity index (χ4n) is 2.21. The number of halogens is 1. The molecule has 2 aromatic carbocycles. The lowest BCUT2D eigenvalue weighted by molar-refractivity contribution is -0.385. The second-order valence-electron chi connectivity index (χ2n) is 5.19. The summed E-state index contributed by atoms with van der Waals surface area (Å²) in [6.45, 7) is 0. The number of amides is 1. The Kier molecular flexibility index (Phi) is 5.14. The van der Waals surface area contributed by atoms with Gasteiger partial charge in [0.25, 0.3) is 11.6 Å². The van der Waals surface area contributed by atoms with Crippen LogP contribution in [0.4, 0.5) is 10.1 Å². The molecule has 6 nitrogen and oxygen atoms in total. The van der Waals surface area contributed by atoms with Crippen LogP contribution in [-0.2, 0) is 0 Å². The third-order valence-corrected chi connectivity index (χ3v) is 4.59. The summed E-state index contributed by atoms with van der Waals surface area (Å²) in [5, 5.41) is 14.7. The van der Waals surface area contributed by atoms with Crippen molar-refractivity contribution in [2.75, 3.05) is 0 Å². The zero-order chi connectivity index (χ0) is 18.5. The van der Waals surface area contributed by atoms with Crippen molar-refractivity contribution < 1.29 is 14.1 Å². The lowest BCUT2D eigenvalue weighted by atomic mass is 10.2. The zero-order valence-corrected chi connectivity index (χ0v) is 14.1. The van der Waals surface area contributed by atoms with Gasteiger partial charge < -0.3 is 0 Å². The van der Waals surface area contributed by atoms with Gasteiger partial charge in [0, 0.05) is 10.9 Å². The summed E-state index contributed by atoms with van der Waals surface area (Å²) in [4.78, 5) is 23.8. The largest absolute Gasteiger partial charge is 0.281 e. The molecule has 0 bridgehead atoms. The molecule has 1 aromatic heterocycles. The molecule has 0 saturated heterocycles. The number of hydrogen-bond acceptors (Lipinski definition) is 5. The minimum atomic E-state index is -0.516. The van der Waals surface area contributed by atoms with Crippen molar-refractivity contribution >= 4 is 29.1 Å². The summed E-state index contributed by atoms with van der Waals surface area (Å²) in [7, 11) is 0. The standard InChI is InChI=1S/C18H12FN3O3S/c19-14-7-5-12(6-8-14)16-9-10-17(26-16)18(23)21-20-11-13-3-1-2-4-15(13)22(24)25/h1-11H,(H,21,23)/b20-11-. The van der Waals surface area contributed by atoms with Gasteiger partial charge in [0.1, 0.15) is 5.82 Å². The average molecular weight is 369 g/mol. The lowest BCUT2D eigenvalue weighted by Crippen LogP contribution is -2.16. The van der Waals surface area contributed by atoms with E-state index in [0.717, 1.165) is 10.4 Å². The molecule has 0 atom stereocenters. The van der Waals surface area contributed by atoms with Crippen LogP contribution in [0.15, 0.2) is 65.8 Å². The Morgan fingerprint density at radius 3 is 2.58 bits per heavy atom. The molecule has 1 amide bonds. The van der Waals surface area contributed by atoms with Gasteiger partial charge in [-0.15, -0.1) is 11.3 Å². The Morgan fingerprint density at radius 1 is 1.12 bits per heavy atom. The molecule has 26 heavy (non-hydrogen) atoms. The molecule has 0 radical (unpaired) electrons. The van der Waals surface area contributed by atoms with Gasteiger partial charge in [-0.05, 0) is 35.9 Å². The Bertz CT molecular complexity index is 983. The summed E-state index contributed by atoms with van der Waals surface area (Å²) in [6, 6.07) is 15.5. The summed E-state index contributed by atoms with van der Waals surface area (Å²) in [6.07, 6.45) is 1.23. The molecule has 0 fully saturated rings. The number of benzene rings is 2. The molecule has 0 unspecified atom stereocenters. The molecule has 0 saturated carbocycles. The maximum absolute atomic E-state index is 13.0. The first-order valence-electron chi connectivity index (χ1n) is 7.47. The second kappa shape index (κ2) is 7.66. The number of nitrogens with zero attached hydrogens (tertiary/aromatic N) is 2. The highest BCUT2D eigenvalue weighted by Crippen LogP contribution is 2.28. The third kappa shape index (κ3) is 3.98. The van der Waals surface area contributed by atoms with Gasteiger partial charge in [-0.3, -0.25) is 14.9 Å². The molecule has 1 N–H and O–H groups in total. The van der Waals surface area contributed by atoms with Crippen LogP contribution in [0, 0.1) is 15.9 Å². The Hall–Kier alpha value is -3.39. The molecule has 130 valence electrons. The van der Waals surface area contributed by atoms with E-state index in [-0.39, 0.29) is 17.1 Å². The first-order valence-corrected chi connectivity index (χ1v) is 8.29. The van der Waals surface area contributed by atoms with Crippen molar-refractivity contribution in [2.45, 2.75) is 0 Å². The maximum Gasteiger partial charge on any atom is 0.281 e. The molecule has 3 rings (SSSR count). The van der Waals surface area contributed by atoms with E-state index in [4.69, 9.17) is 0 Å². The Morgan fingerprint density at radius 2 is 1.85 bits per heavy atom. The monoisotopic (exact) mass is 369 g/mol. The van der Waals surface area contributed by atoms with E-state index in [1.165, 1.54) is 41.8 Å². The van der Waals surface area contributed by atoms with Crippen LogP contribution in [0.3, 0.4) is 0 Å². The number of nitrogens with one attached hydrogen (secondary N) is 1. The number of nitro benzene ring substituents is 1. The topological polar surface area (TPSA) is 84.6 Å². The molecule has 0 aliphatic heterocycles. The van der Waals surface area contributed by atoms with Gasteiger partial charge in [-0.25, -0.2) is 9.82 Å². The number of carbonyl (C=O) groups is 1. The molecule has 0 aliphatic carbocycles. The molecular weight excluding hydrogens is 357 g/mol. The highest BCUT2D eigenvalue weighted by atomic mass is 32.1. The van der Waals surface area contributed by atoms with Crippen molar-refractivity contribution in [3.05, 3.63) is 87.0 Å². The van der Waals surface area contributed by atoms with E-state index >= 15 is 0 Å². The van der Waals surface area contributed by atoms with Crippen LogP contribution in [0.25, 0.3) is 10.4 Å². The summed E-state index contributed by atoms with van der Waals surface area (Å²) >= 11 is 1.24. The van der Waals surface area contributed by atoms with Crippen LogP contribution in [0.2, 0.25) is 0 Å². The van der Waals surface area contributed by atoms with E-state index in [9.17, 15) is 19.3 Å².